The monoisotopic (exact) mass is 308 g/mol. The third kappa shape index (κ3) is 3.90. The van der Waals surface area contributed by atoms with Crippen molar-refractivity contribution in [2.45, 2.75) is 25.6 Å². The van der Waals surface area contributed by atoms with E-state index in [4.69, 9.17) is 0 Å². The Kier molecular flexibility index (Phi) is 5.11. The van der Waals surface area contributed by atoms with Crippen LogP contribution in [0.4, 0.5) is 0 Å². The highest BCUT2D eigenvalue weighted by Crippen LogP contribution is 2.22. The molecule has 3 N–H and O–H groups in total. The summed E-state index contributed by atoms with van der Waals surface area (Å²) in [6, 6.07) is 4.73. The van der Waals surface area contributed by atoms with Crippen molar-refractivity contribution in [3.8, 4) is 0 Å². The van der Waals surface area contributed by atoms with Crippen LogP contribution in [-0.2, 0) is 4.79 Å². The molecule has 1 aromatic heterocycles. The van der Waals surface area contributed by atoms with E-state index in [1.165, 1.54) is 13.3 Å². The Bertz CT molecular complexity index is 701. The first-order valence-electron chi connectivity index (χ1n) is 6.46. The fourth-order valence-electron chi connectivity index (χ4n) is 1.97. The number of benzene rings is 1. The van der Waals surface area contributed by atoms with Crippen molar-refractivity contribution in [1.29, 1.82) is 0 Å². The molecule has 0 aliphatic carbocycles. The predicted molar refractivity (Wildman–Crippen MR) is 81.1 cm³/mol. The molecule has 0 aliphatic heterocycles. The number of carbonyl (C=O) groups is 1. The van der Waals surface area contributed by atoms with Crippen LogP contribution in [0.15, 0.2) is 29.3 Å². The molecule has 0 radical (unpaired) electrons. The minimum absolute atomic E-state index is 0.0224. The molecule has 2 unspecified atom stereocenters. The molecule has 1 heterocycles. The Labute approximate surface area is 125 Å². The van der Waals surface area contributed by atoms with Crippen molar-refractivity contribution in [3.05, 3.63) is 40.4 Å². The van der Waals surface area contributed by atoms with Gasteiger partial charge in [0.25, 0.3) is 5.56 Å². The minimum atomic E-state index is -1.08. The van der Waals surface area contributed by atoms with Crippen molar-refractivity contribution in [1.82, 2.24) is 9.97 Å². The number of rotatable bonds is 5. The van der Waals surface area contributed by atoms with E-state index in [1.54, 1.807) is 18.2 Å². The molecule has 0 spiro atoms. The first-order chi connectivity index (χ1) is 9.99. The molecule has 2 aromatic rings. The molecule has 112 valence electrons. The van der Waals surface area contributed by atoms with Crippen LogP contribution in [0.1, 0.15) is 25.0 Å². The zero-order valence-corrected chi connectivity index (χ0v) is 12.3. The van der Waals surface area contributed by atoms with Gasteiger partial charge >= 0.3 is 0 Å². The molecule has 0 fully saturated rings. The van der Waals surface area contributed by atoms with Crippen molar-refractivity contribution >= 4 is 27.8 Å². The molecule has 6 nitrogen and oxygen atoms in total. The van der Waals surface area contributed by atoms with Crippen LogP contribution in [0.2, 0.25) is 0 Å². The number of hydrogen-bond acceptors (Lipinski definition) is 6. The maximum atomic E-state index is 11.6. The quantitative estimate of drug-likeness (QED) is 0.761. The number of thioether (sulfide) groups is 1. The number of fused-ring (bicyclic) bond motifs is 1. The summed E-state index contributed by atoms with van der Waals surface area (Å²) in [4.78, 5) is 28.9. The summed E-state index contributed by atoms with van der Waals surface area (Å²) >= 11 is 1.11. The van der Waals surface area contributed by atoms with E-state index >= 15 is 0 Å². The molecular weight excluding hydrogens is 292 g/mol. The highest BCUT2D eigenvalue weighted by Gasteiger charge is 2.19. The van der Waals surface area contributed by atoms with Crippen LogP contribution < -0.4 is 5.56 Å². The first kappa shape index (κ1) is 15.7. The van der Waals surface area contributed by atoms with Gasteiger partial charge in [0, 0.05) is 12.7 Å². The highest BCUT2D eigenvalue weighted by atomic mass is 32.2. The Balaban J connectivity index is 2.13. The van der Waals surface area contributed by atoms with Crippen molar-refractivity contribution < 1.29 is 15.0 Å². The summed E-state index contributed by atoms with van der Waals surface area (Å²) < 4.78 is 0. The van der Waals surface area contributed by atoms with Gasteiger partial charge in [0.15, 0.2) is 5.12 Å². The average Bonchev–Trinajstić information content (AvgIpc) is 2.46. The zero-order chi connectivity index (χ0) is 15.4. The second-order valence-electron chi connectivity index (χ2n) is 4.65. The number of carbonyl (C=O) groups excluding carboxylic acids is 1. The average molecular weight is 308 g/mol. The zero-order valence-electron chi connectivity index (χ0n) is 11.4. The van der Waals surface area contributed by atoms with E-state index in [1.807, 2.05) is 0 Å². The third-order valence-corrected chi connectivity index (χ3v) is 3.94. The second-order valence-corrected chi connectivity index (χ2v) is 5.92. The van der Waals surface area contributed by atoms with E-state index in [2.05, 4.69) is 9.97 Å². The smallest absolute Gasteiger partial charge is 0.258 e. The van der Waals surface area contributed by atoms with Gasteiger partial charge < -0.3 is 15.2 Å². The number of aliphatic hydroxyl groups is 2. The number of aliphatic hydroxyl groups excluding tert-OH is 2. The van der Waals surface area contributed by atoms with Crippen LogP contribution in [0, 0.1) is 0 Å². The maximum Gasteiger partial charge on any atom is 0.258 e. The lowest BCUT2D eigenvalue weighted by molar-refractivity contribution is -0.109. The lowest BCUT2D eigenvalue weighted by Crippen LogP contribution is -2.19. The summed E-state index contributed by atoms with van der Waals surface area (Å²) in [5.41, 5.74) is 0.695. The number of nitrogens with one attached hydrogen (secondary N) is 1. The molecule has 2 rings (SSSR count). The number of hydrogen-bond donors (Lipinski definition) is 3. The Hall–Kier alpha value is -1.70. The molecule has 0 saturated heterocycles. The highest BCUT2D eigenvalue weighted by molar-refractivity contribution is 8.13. The molecule has 0 saturated carbocycles. The van der Waals surface area contributed by atoms with E-state index in [9.17, 15) is 19.8 Å². The maximum absolute atomic E-state index is 11.6. The molecule has 0 bridgehead atoms. The standard InChI is InChI=1S/C14H16N2O4S/c1-8(17)21-5-4-12(18)13(19)9-2-3-10-11(6-9)15-7-16-14(10)20/h2-3,6-7,12-13,18-19H,4-5H2,1H3,(H,15,16,20). The van der Waals surface area contributed by atoms with Crippen molar-refractivity contribution in [2.24, 2.45) is 0 Å². The van der Waals surface area contributed by atoms with Gasteiger partial charge in [-0.2, -0.15) is 0 Å². The topological polar surface area (TPSA) is 103 Å². The fourth-order valence-corrected chi connectivity index (χ4v) is 2.62. The largest absolute Gasteiger partial charge is 0.390 e. The molecule has 0 aliphatic rings. The second kappa shape index (κ2) is 6.84. The Morgan fingerprint density at radius 3 is 2.90 bits per heavy atom. The van der Waals surface area contributed by atoms with Crippen molar-refractivity contribution in [2.75, 3.05) is 5.75 Å². The van der Waals surface area contributed by atoms with Gasteiger partial charge in [-0.25, -0.2) is 4.98 Å². The van der Waals surface area contributed by atoms with E-state index in [0.29, 0.717) is 28.6 Å². The van der Waals surface area contributed by atoms with E-state index in [0.717, 1.165) is 11.8 Å². The van der Waals surface area contributed by atoms with Gasteiger partial charge in [-0.1, -0.05) is 17.8 Å². The van der Waals surface area contributed by atoms with Gasteiger partial charge in [-0.05, 0) is 24.1 Å². The van der Waals surface area contributed by atoms with Crippen LogP contribution in [-0.4, -0.2) is 37.2 Å². The van der Waals surface area contributed by atoms with Crippen LogP contribution in [0.5, 0.6) is 0 Å². The van der Waals surface area contributed by atoms with Crippen molar-refractivity contribution in [3.63, 3.8) is 0 Å². The summed E-state index contributed by atoms with van der Waals surface area (Å²) in [5, 5.41) is 20.5. The van der Waals surface area contributed by atoms with E-state index in [-0.39, 0.29) is 10.7 Å². The summed E-state index contributed by atoms with van der Waals surface area (Å²) in [7, 11) is 0. The fraction of sp³-hybridized carbons (Fsp3) is 0.357. The van der Waals surface area contributed by atoms with Gasteiger partial charge in [0.1, 0.15) is 6.10 Å². The van der Waals surface area contributed by atoms with Gasteiger partial charge in [0.2, 0.25) is 0 Å². The summed E-state index contributed by atoms with van der Waals surface area (Å²) in [6.07, 6.45) is -0.466. The molecular formula is C14H16N2O4S. The molecule has 21 heavy (non-hydrogen) atoms. The molecule has 2 atom stereocenters. The SMILES string of the molecule is CC(=O)SCCC(O)C(O)c1ccc2c(=O)[nH]cnc2c1. The van der Waals surface area contributed by atoms with Gasteiger partial charge in [0.05, 0.1) is 23.3 Å². The van der Waals surface area contributed by atoms with Crippen LogP contribution >= 0.6 is 11.8 Å². The van der Waals surface area contributed by atoms with Gasteiger partial charge in [-0.3, -0.25) is 9.59 Å². The predicted octanol–water partition coefficient (Wildman–Crippen LogP) is 0.987. The third-order valence-electron chi connectivity index (χ3n) is 3.09. The molecule has 0 amide bonds. The Morgan fingerprint density at radius 2 is 2.19 bits per heavy atom. The first-order valence-corrected chi connectivity index (χ1v) is 7.44. The van der Waals surface area contributed by atoms with Crippen LogP contribution in [0.25, 0.3) is 10.9 Å². The minimum Gasteiger partial charge on any atom is -0.390 e. The number of nitrogens with zero attached hydrogens (tertiary/aromatic N) is 1. The lowest BCUT2D eigenvalue weighted by atomic mass is 10.0. The number of aromatic nitrogens is 2. The molecule has 7 heteroatoms. The Morgan fingerprint density at radius 1 is 1.43 bits per heavy atom. The van der Waals surface area contributed by atoms with Gasteiger partial charge in [-0.15, -0.1) is 0 Å². The lowest BCUT2D eigenvalue weighted by Gasteiger charge is -2.18. The molecule has 1 aromatic carbocycles. The van der Waals surface area contributed by atoms with E-state index < -0.39 is 12.2 Å². The summed E-state index contributed by atoms with van der Waals surface area (Å²) in [5.74, 6) is 0.444. The number of H-pyrrole nitrogens is 1. The number of aromatic amines is 1. The normalized spacial score (nSPS) is 14.0. The van der Waals surface area contributed by atoms with Crippen LogP contribution in [0.3, 0.4) is 0 Å². The summed E-state index contributed by atoms with van der Waals surface area (Å²) in [6.45, 7) is 1.46.